The van der Waals surface area contributed by atoms with Crippen LogP contribution in [0.15, 0.2) is 332 Å². The van der Waals surface area contributed by atoms with Crippen molar-refractivity contribution >= 4 is 106 Å². The normalized spacial score (nSPS) is 12.6. The summed E-state index contributed by atoms with van der Waals surface area (Å²) >= 11 is 0. The first-order valence-corrected chi connectivity index (χ1v) is 35.1. The Hall–Kier alpha value is -12.6. The molecular formula is C95H66BN3O2. The summed E-state index contributed by atoms with van der Waals surface area (Å²) in [6.45, 7) is 8.91. The molecule has 476 valence electrons. The average Bonchev–Trinajstić information content (AvgIpc) is 0.857. The number of hydrogen-bond donors (Lipinski definition) is 0. The first-order valence-electron chi connectivity index (χ1n) is 35.1. The standard InChI is InChI=1S/C95H66BN3O2/c1-59-46-79(64-40-43-78-77-34-18-23-39-89(77)100-90(78)56-64)93(87(47-59)99-84-37-21-16-32-75(84)76-33-17-22-38-85(76)99)65-42-44-80-86(54-65)98(71-52-68(61-26-10-6-11-27-61)49-69(53-71)62-28-12-7-13-29-62)88-57-72(97-82-35-19-14-30-73(82)74-31-15-20-36-83(74)97)58-92-94(88)96(80)81-45-41-63(55-91(81)101-92)67-48-66(60-24-8-5-9-25-60)50-70(51-67)95(2,3)4/h5-58H,1-4H3. The molecule has 0 spiro atoms. The minimum atomic E-state index is -0.248. The molecule has 0 saturated carbocycles. The Morgan fingerprint density at radius 3 is 1.40 bits per heavy atom. The molecule has 15 aromatic carbocycles. The van der Waals surface area contributed by atoms with E-state index in [1.165, 1.54) is 43.7 Å². The molecule has 0 fully saturated rings. The maximum atomic E-state index is 7.74. The van der Waals surface area contributed by atoms with Gasteiger partial charge in [0.15, 0.2) is 0 Å². The molecule has 0 radical (unpaired) electrons. The molecule has 101 heavy (non-hydrogen) atoms. The van der Waals surface area contributed by atoms with Gasteiger partial charge in [0, 0.05) is 61.0 Å². The van der Waals surface area contributed by atoms with Crippen LogP contribution in [0.5, 0.6) is 11.5 Å². The molecule has 5 heterocycles. The fraction of sp³-hybridized carbons (Fsp3) is 0.0526. The number of aryl methyl sites for hydroxylation is 1. The molecule has 0 atom stereocenters. The quantitative estimate of drug-likeness (QED) is 0.135. The Morgan fingerprint density at radius 1 is 0.307 bits per heavy atom. The highest BCUT2D eigenvalue weighted by molar-refractivity contribution is 6.99. The van der Waals surface area contributed by atoms with Crippen molar-refractivity contribution in [2.45, 2.75) is 33.1 Å². The summed E-state index contributed by atoms with van der Waals surface area (Å²) in [6.07, 6.45) is 0. The lowest BCUT2D eigenvalue weighted by molar-refractivity contribution is 0.487. The second kappa shape index (κ2) is 22.7. The van der Waals surface area contributed by atoms with Gasteiger partial charge in [-0.3, -0.25) is 0 Å². The summed E-state index contributed by atoms with van der Waals surface area (Å²) in [4.78, 5) is 2.57. The summed E-state index contributed by atoms with van der Waals surface area (Å²) in [5, 5.41) is 6.99. The largest absolute Gasteiger partial charge is 0.458 e. The second-order valence-electron chi connectivity index (χ2n) is 28.4. The summed E-state index contributed by atoms with van der Waals surface area (Å²) in [5.41, 5.74) is 30.7. The Bertz CT molecular complexity index is 6270. The Balaban J connectivity index is 0.899. The highest BCUT2D eigenvalue weighted by atomic mass is 16.5. The van der Waals surface area contributed by atoms with Crippen LogP contribution in [0.2, 0.25) is 0 Å². The van der Waals surface area contributed by atoms with Gasteiger partial charge in [0.25, 0.3) is 6.71 Å². The van der Waals surface area contributed by atoms with E-state index in [-0.39, 0.29) is 12.1 Å². The van der Waals surface area contributed by atoms with E-state index in [1.807, 2.05) is 0 Å². The van der Waals surface area contributed by atoms with Gasteiger partial charge in [-0.1, -0.05) is 251 Å². The summed E-state index contributed by atoms with van der Waals surface area (Å²) in [6, 6.07) is 121. The monoisotopic (exact) mass is 1290 g/mol. The third kappa shape index (κ3) is 9.46. The predicted molar refractivity (Wildman–Crippen MR) is 424 cm³/mol. The summed E-state index contributed by atoms with van der Waals surface area (Å²) < 4.78 is 19.5. The van der Waals surface area contributed by atoms with Crippen LogP contribution in [-0.4, -0.2) is 15.8 Å². The van der Waals surface area contributed by atoms with Gasteiger partial charge >= 0.3 is 0 Å². The van der Waals surface area contributed by atoms with Crippen molar-refractivity contribution < 1.29 is 9.15 Å². The van der Waals surface area contributed by atoms with Crippen molar-refractivity contribution in [2.24, 2.45) is 0 Å². The fourth-order valence-electron chi connectivity index (χ4n) is 16.6. The number of fused-ring (bicyclic) bond motifs is 13. The van der Waals surface area contributed by atoms with Gasteiger partial charge in [-0.05, 0) is 192 Å². The molecule has 5 nitrogen and oxygen atoms in total. The molecule has 18 aromatic rings. The molecule has 3 aromatic heterocycles. The number of anilines is 3. The molecule has 0 N–H and O–H groups in total. The molecular weight excluding hydrogens is 1230 g/mol. The molecule has 20 rings (SSSR count). The minimum absolute atomic E-state index is 0.104. The number of aromatic nitrogens is 2. The van der Waals surface area contributed by atoms with Crippen molar-refractivity contribution in [3.63, 3.8) is 0 Å². The van der Waals surface area contributed by atoms with Gasteiger partial charge in [0.05, 0.1) is 33.4 Å². The zero-order valence-corrected chi connectivity index (χ0v) is 56.4. The van der Waals surface area contributed by atoms with Crippen LogP contribution in [0.1, 0.15) is 31.9 Å². The Kier molecular flexibility index (Phi) is 13.2. The van der Waals surface area contributed by atoms with Gasteiger partial charge in [0.1, 0.15) is 22.7 Å². The highest BCUT2D eigenvalue weighted by Crippen LogP contribution is 2.50. The summed E-state index contributed by atoms with van der Waals surface area (Å²) in [5.74, 6) is 1.66. The maximum absolute atomic E-state index is 7.74. The highest BCUT2D eigenvalue weighted by Gasteiger charge is 2.43. The number of rotatable bonds is 9. The smallest absolute Gasteiger partial charge is 0.256 e. The molecule has 0 amide bonds. The lowest BCUT2D eigenvalue weighted by Gasteiger charge is -2.41. The zero-order valence-electron chi connectivity index (χ0n) is 56.4. The zero-order chi connectivity index (χ0) is 67.2. The van der Waals surface area contributed by atoms with E-state index >= 15 is 0 Å². The van der Waals surface area contributed by atoms with E-state index in [4.69, 9.17) is 9.15 Å². The van der Waals surface area contributed by atoms with Crippen LogP contribution in [0.25, 0.3) is 144 Å². The second-order valence-corrected chi connectivity index (χ2v) is 28.4. The van der Waals surface area contributed by atoms with Crippen LogP contribution in [0, 0.1) is 6.92 Å². The fourth-order valence-corrected chi connectivity index (χ4v) is 16.6. The third-order valence-corrected chi connectivity index (χ3v) is 21.3. The van der Waals surface area contributed by atoms with Crippen LogP contribution in [-0.2, 0) is 5.41 Å². The van der Waals surface area contributed by atoms with Gasteiger partial charge in [-0.2, -0.15) is 0 Å². The Labute approximate surface area is 586 Å². The third-order valence-electron chi connectivity index (χ3n) is 21.3. The molecule has 6 heteroatoms. The number of hydrogen-bond acceptors (Lipinski definition) is 3. The molecule has 0 saturated heterocycles. The maximum Gasteiger partial charge on any atom is 0.256 e. The molecule has 0 aliphatic carbocycles. The molecule has 2 aliphatic heterocycles. The number of furan rings is 1. The molecule has 2 aliphatic rings. The van der Waals surface area contributed by atoms with Crippen molar-refractivity contribution in [3.8, 4) is 89.6 Å². The number of ether oxygens (including phenoxy) is 1. The van der Waals surface area contributed by atoms with E-state index < -0.39 is 0 Å². The average molecular weight is 1290 g/mol. The number of benzene rings is 15. The van der Waals surface area contributed by atoms with E-state index in [9.17, 15) is 0 Å². The van der Waals surface area contributed by atoms with E-state index in [2.05, 4.69) is 369 Å². The van der Waals surface area contributed by atoms with Gasteiger partial charge < -0.3 is 23.2 Å². The minimum Gasteiger partial charge on any atom is -0.458 e. The van der Waals surface area contributed by atoms with E-state index in [1.54, 1.807) is 0 Å². The van der Waals surface area contributed by atoms with E-state index in [0.29, 0.717) is 0 Å². The number of nitrogens with zero attached hydrogens (tertiary/aromatic N) is 3. The van der Waals surface area contributed by atoms with Crippen molar-refractivity contribution in [2.75, 3.05) is 4.90 Å². The van der Waals surface area contributed by atoms with Crippen LogP contribution in [0.3, 0.4) is 0 Å². The van der Waals surface area contributed by atoms with Crippen LogP contribution >= 0.6 is 0 Å². The van der Waals surface area contributed by atoms with Gasteiger partial charge in [-0.25, -0.2) is 0 Å². The van der Waals surface area contributed by atoms with Gasteiger partial charge in [-0.15, -0.1) is 0 Å². The molecule has 0 bridgehead atoms. The van der Waals surface area contributed by atoms with Crippen LogP contribution < -0.4 is 26.0 Å². The van der Waals surface area contributed by atoms with Crippen molar-refractivity contribution in [1.82, 2.24) is 9.13 Å². The SMILES string of the molecule is Cc1cc(-c2ccc3c(c2)oc2ccccc23)c(-c2ccc3c(c2)N(c2cc(-c4ccccc4)cc(-c4ccccc4)c2)c2cc(-n4c5ccccc5c5ccccc54)cc4c2B3c2ccc(-c3cc(-c5ccccc5)cc(C(C)(C)C)c3)cc2O4)c(-n2c3ccccc3c3ccccc32)c1. The van der Waals surface area contributed by atoms with Crippen molar-refractivity contribution in [1.29, 1.82) is 0 Å². The topological polar surface area (TPSA) is 35.5 Å². The number of para-hydroxylation sites is 5. The van der Waals surface area contributed by atoms with Crippen LogP contribution in [0.4, 0.5) is 17.1 Å². The lowest BCUT2D eigenvalue weighted by Crippen LogP contribution is -2.59. The van der Waals surface area contributed by atoms with E-state index in [0.717, 1.165) is 156 Å². The lowest BCUT2D eigenvalue weighted by atomic mass is 9.34. The predicted octanol–water partition coefficient (Wildman–Crippen LogP) is 23.8. The first kappa shape index (κ1) is 58.5. The first-order chi connectivity index (χ1) is 49.6. The summed E-state index contributed by atoms with van der Waals surface area (Å²) in [7, 11) is 0. The Morgan fingerprint density at radius 2 is 0.802 bits per heavy atom. The van der Waals surface area contributed by atoms with Crippen molar-refractivity contribution in [3.05, 3.63) is 339 Å². The van der Waals surface area contributed by atoms with Gasteiger partial charge in [0.2, 0.25) is 0 Å². The molecule has 0 unspecified atom stereocenters.